The van der Waals surface area contributed by atoms with Crippen molar-refractivity contribution in [2.75, 3.05) is 12.4 Å². The van der Waals surface area contributed by atoms with Gasteiger partial charge in [-0.2, -0.15) is 0 Å². The van der Waals surface area contributed by atoms with Gasteiger partial charge in [-0.3, -0.25) is 9.20 Å². The number of benzene rings is 1. The SMILES string of the molecule is COc1ccccc1NC(=O)c1sc2nnc(C)n2c1C. The Morgan fingerprint density at radius 3 is 2.76 bits per heavy atom. The third-order valence-corrected chi connectivity index (χ3v) is 4.35. The van der Waals surface area contributed by atoms with Crippen molar-refractivity contribution in [2.24, 2.45) is 0 Å². The van der Waals surface area contributed by atoms with Crippen molar-refractivity contribution < 1.29 is 9.53 Å². The first kappa shape index (κ1) is 13.6. The number of hydrogen-bond acceptors (Lipinski definition) is 5. The molecule has 6 nitrogen and oxygen atoms in total. The van der Waals surface area contributed by atoms with E-state index in [1.807, 2.05) is 30.4 Å². The molecule has 0 spiro atoms. The van der Waals surface area contributed by atoms with E-state index in [-0.39, 0.29) is 5.91 Å². The van der Waals surface area contributed by atoms with Crippen LogP contribution in [0, 0.1) is 13.8 Å². The predicted octanol–water partition coefficient (Wildman–Crippen LogP) is 2.67. The topological polar surface area (TPSA) is 68.5 Å². The number of nitrogens with one attached hydrogen (secondary N) is 1. The van der Waals surface area contributed by atoms with Crippen molar-refractivity contribution in [3.8, 4) is 5.75 Å². The number of rotatable bonds is 3. The monoisotopic (exact) mass is 302 g/mol. The van der Waals surface area contributed by atoms with Gasteiger partial charge in [0, 0.05) is 5.69 Å². The molecule has 21 heavy (non-hydrogen) atoms. The molecule has 3 rings (SSSR count). The van der Waals surface area contributed by atoms with Gasteiger partial charge >= 0.3 is 0 Å². The first-order valence-corrected chi connectivity index (χ1v) is 7.19. The molecule has 0 bridgehead atoms. The van der Waals surface area contributed by atoms with Gasteiger partial charge in [0.25, 0.3) is 5.91 Å². The van der Waals surface area contributed by atoms with Crippen LogP contribution in [0.3, 0.4) is 0 Å². The number of para-hydroxylation sites is 2. The maximum absolute atomic E-state index is 12.5. The molecular formula is C14H14N4O2S. The Morgan fingerprint density at radius 2 is 2.05 bits per heavy atom. The zero-order chi connectivity index (χ0) is 15.0. The second-order valence-corrected chi connectivity index (χ2v) is 5.51. The highest BCUT2D eigenvalue weighted by atomic mass is 32.1. The Balaban J connectivity index is 1.95. The number of carbonyl (C=O) groups is 1. The van der Waals surface area contributed by atoms with Crippen LogP contribution in [-0.2, 0) is 0 Å². The molecule has 0 fully saturated rings. The number of fused-ring (bicyclic) bond motifs is 1. The standard InChI is InChI=1S/C14H14N4O2S/c1-8-12(21-14-17-16-9(2)18(8)14)13(19)15-10-6-4-5-7-11(10)20-3/h4-7H,1-3H3,(H,15,19). The van der Waals surface area contributed by atoms with E-state index in [0.717, 1.165) is 16.5 Å². The number of amides is 1. The fraction of sp³-hybridized carbons (Fsp3) is 0.214. The lowest BCUT2D eigenvalue weighted by atomic mass is 10.2. The molecule has 0 unspecified atom stereocenters. The zero-order valence-corrected chi connectivity index (χ0v) is 12.7. The van der Waals surface area contributed by atoms with E-state index in [0.29, 0.717) is 16.3 Å². The molecule has 0 radical (unpaired) electrons. The Kier molecular flexibility index (Phi) is 3.34. The Labute approximate surface area is 125 Å². The molecule has 7 heteroatoms. The van der Waals surface area contributed by atoms with Crippen LogP contribution in [0.5, 0.6) is 5.75 Å². The van der Waals surface area contributed by atoms with Gasteiger partial charge in [-0.15, -0.1) is 10.2 Å². The molecule has 0 aliphatic carbocycles. The van der Waals surface area contributed by atoms with Crippen molar-refractivity contribution in [2.45, 2.75) is 13.8 Å². The van der Waals surface area contributed by atoms with Crippen LogP contribution in [0.1, 0.15) is 21.2 Å². The summed E-state index contributed by atoms with van der Waals surface area (Å²) in [7, 11) is 1.57. The number of ether oxygens (including phenoxy) is 1. The predicted molar refractivity (Wildman–Crippen MR) is 81.3 cm³/mol. The number of anilines is 1. The molecule has 0 aliphatic heterocycles. The molecule has 2 aromatic heterocycles. The van der Waals surface area contributed by atoms with Crippen LogP contribution in [0.4, 0.5) is 5.69 Å². The Bertz CT molecular complexity index is 822. The van der Waals surface area contributed by atoms with Gasteiger partial charge in [0.15, 0.2) is 0 Å². The molecule has 2 heterocycles. The molecule has 108 valence electrons. The highest BCUT2D eigenvalue weighted by molar-refractivity contribution is 7.19. The van der Waals surface area contributed by atoms with Crippen molar-refractivity contribution in [1.29, 1.82) is 0 Å². The van der Waals surface area contributed by atoms with Crippen LogP contribution in [0.25, 0.3) is 4.96 Å². The van der Waals surface area contributed by atoms with Gasteiger partial charge in [0.2, 0.25) is 4.96 Å². The third kappa shape index (κ3) is 2.25. The lowest BCUT2D eigenvalue weighted by Crippen LogP contribution is -2.12. The summed E-state index contributed by atoms with van der Waals surface area (Å²) in [5.74, 6) is 1.23. The Hall–Kier alpha value is -2.41. The van der Waals surface area contributed by atoms with E-state index in [2.05, 4.69) is 15.5 Å². The van der Waals surface area contributed by atoms with E-state index < -0.39 is 0 Å². The number of aryl methyl sites for hydroxylation is 2. The Morgan fingerprint density at radius 1 is 1.29 bits per heavy atom. The van der Waals surface area contributed by atoms with Gasteiger partial charge in [-0.1, -0.05) is 23.5 Å². The van der Waals surface area contributed by atoms with E-state index in [1.165, 1.54) is 11.3 Å². The van der Waals surface area contributed by atoms with Crippen molar-refractivity contribution in [1.82, 2.24) is 14.6 Å². The molecule has 3 aromatic rings. The zero-order valence-electron chi connectivity index (χ0n) is 11.9. The minimum atomic E-state index is -0.174. The summed E-state index contributed by atoms with van der Waals surface area (Å²) in [5.41, 5.74) is 1.48. The highest BCUT2D eigenvalue weighted by Crippen LogP contribution is 2.27. The van der Waals surface area contributed by atoms with Gasteiger partial charge in [0.05, 0.1) is 12.8 Å². The summed E-state index contributed by atoms with van der Waals surface area (Å²) in [6.07, 6.45) is 0. The van der Waals surface area contributed by atoms with Crippen LogP contribution < -0.4 is 10.1 Å². The van der Waals surface area contributed by atoms with Crippen LogP contribution in [-0.4, -0.2) is 27.6 Å². The van der Waals surface area contributed by atoms with Gasteiger partial charge in [-0.05, 0) is 26.0 Å². The molecule has 0 atom stereocenters. The minimum absolute atomic E-state index is 0.174. The maximum Gasteiger partial charge on any atom is 0.267 e. The van der Waals surface area contributed by atoms with Crippen molar-refractivity contribution in [3.63, 3.8) is 0 Å². The number of nitrogens with zero attached hydrogens (tertiary/aromatic N) is 3. The quantitative estimate of drug-likeness (QED) is 0.807. The smallest absolute Gasteiger partial charge is 0.267 e. The first-order chi connectivity index (χ1) is 10.1. The summed E-state index contributed by atoms with van der Waals surface area (Å²) >= 11 is 1.32. The minimum Gasteiger partial charge on any atom is -0.495 e. The second kappa shape index (κ2) is 5.17. The van der Waals surface area contributed by atoms with Crippen LogP contribution >= 0.6 is 11.3 Å². The highest BCUT2D eigenvalue weighted by Gasteiger charge is 2.19. The number of carbonyl (C=O) groups excluding carboxylic acids is 1. The summed E-state index contributed by atoms with van der Waals surface area (Å²) in [6, 6.07) is 7.31. The van der Waals surface area contributed by atoms with E-state index >= 15 is 0 Å². The normalized spacial score (nSPS) is 10.8. The van der Waals surface area contributed by atoms with Gasteiger partial charge in [0.1, 0.15) is 16.5 Å². The van der Waals surface area contributed by atoms with Crippen molar-refractivity contribution >= 4 is 27.9 Å². The number of hydrogen-bond donors (Lipinski definition) is 1. The summed E-state index contributed by atoms with van der Waals surface area (Å²) in [5, 5.41) is 10.9. The fourth-order valence-electron chi connectivity index (χ4n) is 2.20. The number of thiazole rings is 1. The van der Waals surface area contributed by atoms with E-state index in [9.17, 15) is 4.79 Å². The lowest BCUT2D eigenvalue weighted by molar-refractivity contribution is 0.102. The number of aromatic nitrogens is 3. The van der Waals surface area contributed by atoms with E-state index in [1.54, 1.807) is 19.2 Å². The molecule has 0 aliphatic rings. The summed E-state index contributed by atoms with van der Waals surface area (Å²) < 4.78 is 7.11. The summed E-state index contributed by atoms with van der Waals surface area (Å²) in [6.45, 7) is 3.75. The third-order valence-electron chi connectivity index (χ3n) is 3.21. The molecule has 1 N–H and O–H groups in total. The average Bonchev–Trinajstić information content (AvgIpc) is 3.01. The first-order valence-electron chi connectivity index (χ1n) is 6.37. The van der Waals surface area contributed by atoms with Crippen molar-refractivity contribution in [3.05, 3.63) is 40.7 Å². The second-order valence-electron chi connectivity index (χ2n) is 4.54. The van der Waals surface area contributed by atoms with Gasteiger partial charge < -0.3 is 10.1 Å². The summed E-state index contributed by atoms with van der Waals surface area (Å²) in [4.78, 5) is 13.8. The average molecular weight is 302 g/mol. The van der Waals surface area contributed by atoms with Crippen LogP contribution in [0.15, 0.2) is 24.3 Å². The van der Waals surface area contributed by atoms with Crippen LogP contribution in [0.2, 0.25) is 0 Å². The van der Waals surface area contributed by atoms with E-state index in [4.69, 9.17) is 4.74 Å². The number of methoxy groups -OCH3 is 1. The molecule has 0 saturated carbocycles. The fourth-order valence-corrected chi connectivity index (χ4v) is 3.21. The molecule has 1 aromatic carbocycles. The molecule has 1 amide bonds. The van der Waals surface area contributed by atoms with Gasteiger partial charge in [-0.25, -0.2) is 0 Å². The largest absolute Gasteiger partial charge is 0.495 e. The molecular weight excluding hydrogens is 288 g/mol. The molecule has 0 saturated heterocycles. The lowest BCUT2D eigenvalue weighted by Gasteiger charge is -2.09. The maximum atomic E-state index is 12.5.